The van der Waals surface area contributed by atoms with Crippen LogP contribution in [-0.2, 0) is 0 Å². The summed E-state index contributed by atoms with van der Waals surface area (Å²) in [6, 6.07) is 32.8. The first-order valence-electron chi connectivity index (χ1n) is 14.8. The van der Waals surface area contributed by atoms with Crippen molar-refractivity contribution < 1.29 is 0 Å². The Hall–Kier alpha value is -0.743. The van der Waals surface area contributed by atoms with Crippen LogP contribution in [0.4, 0.5) is 0 Å². The molecule has 36 heavy (non-hydrogen) atoms. The molecule has 0 saturated heterocycles. The molecule has 3 unspecified atom stereocenters. The lowest BCUT2D eigenvalue weighted by molar-refractivity contribution is 0.664. The largest absolute Gasteiger partial charge is 0.212 e. The highest BCUT2D eigenvalue weighted by atomic mass is 27.1. The minimum atomic E-state index is 0.836. The van der Waals surface area contributed by atoms with Gasteiger partial charge in [0, 0.05) is 0 Å². The van der Waals surface area contributed by atoms with E-state index < -0.39 is 0 Å². The van der Waals surface area contributed by atoms with Crippen LogP contribution in [0.15, 0.2) is 91.0 Å². The summed E-state index contributed by atoms with van der Waals surface area (Å²) in [4.78, 5) is 0. The second-order valence-corrected chi connectivity index (χ2v) is 12.4. The van der Waals surface area contributed by atoms with Crippen molar-refractivity contribution in [2.75, 3.05) is 0 Å². The van der Waals surface area contributed by atoms with Gasteiger partial charge in [0.25, 0.3) is 0 Å². The molecular formula is C33H51Al3. The molecule has 0 bridgehead atoms. The van der Waals surface area contributed by atoms with Gasteiger partial charge in [-0.1, -0.05) is 147 Å². The van der Waals surface area contributed by atoms with Crippen molar-refractivity contribution in [3.8, 4) is 0 Å². The van der Waals surface area contributed by atoms with E-state index in [2.05, 4.69) is 112 Å². The number of hydrogen-bond donors (Lipinski definition) is 0. The van der Waals surface area contributed by atoms with E-state index in [-0.39, 0.29) is 0 Å². The Kier molecular flexibility index (Phi) is 20.6. The molecule has 0 radical (unpaired) electrons. The fourth-order valence-corrected chi connectivity index (χ4v) is 7.68. The van der Waals surface area contributed by atoms with Crippen molar-refractivity contribution in [3.63, 3.8) is 0 Å². The van der Waals surface area contributed by atoms with E-state index >= 15 is 0 Å². The van der Waals surface area contributed by atoms with Crippen LogP contribution in [0.25, 0.3) is 0 Å². The molecule has 3 heteroatoms. The average Bonchev–Trinajstić information content (AvgIpc) is 2.95. The minimum Gasteiger partial charge on any atom is -0.0946 e. The Morgan fingerprint density at radius 2 is 0.639 bits per heavy atom. The lowest BCUT2D eigenvalue weighted by atomic mass is 9.96. The van der Waals surface area contributed by atoms with Crippen LogP contribution < -0.4 is 0 Å². The molecule has 0 aliphatic heterocycles. The summed E-state index contributed by atoms with van der Waals surface area (Å²) in [7, 11) is 0. The van der Waals surface area contributed by atoms with Crippen molar-refractivity contribution in [2.24, 2.45) is 0 Å². The number of hydrogen-bond acceptors (Lipinski definition) is 0. The van der Waals surface area contributed by atoms with E-state index in [4.69, 9.17) is 0 Å². The number of rotatable bonds is 12. The smallest absolute Gasteiger partial charge is 0.0946 e. The molecular weight excluding hydrogens is 477 g/mol. The van der Waals surface area contributed by atoms with Crippen molar-refractivity contribution in [1.82, 2.24) is 0 Å². The molecule has 0 spiro atoms. The van der Waals surface area contributed by atoms with Crippen molar-refractivity contribution in [2.45, 2.75) is 92.9 Å². The lowest BCUT2D eigenvalue weighted by Crippen LogP contribution is -1.96. The fraction of sp³-hybridized carbons (Fsp3) is 0.455. The third-order valence-corrected chi connectivity index (χ3v) is 10.2. The molecule has 0 aliphatic rings. The number of benzene rings is 3. The summed E-state index contributed by atoms with van der Waals surface area (Å²) in [5.41, 5.74) is 4.61. The zero-order chi connectivity index (χ0) is 26.4. The van der Waals surface area contributed by atoms with E-state index in [1.165, 1.54) is 120 Å². The van der Waals surface area contributed by atoms with E-state index in [0.29, 0.717) is 0 Å². The molecule has 0 amide bonds. The van der Waals surface area contributed by atoms with Crippen molar-refractivity contribution >= 4 is 48.9 Å². The second kappa shape index (κ2) is 22.3. The van der Waals surface area contributed by atoms with Crippen LogP contribution in [0.1, 0.15) is 93.7 Å². The van der Waals surface area contributed by atoms with Crippen LogP contribution in [0, 0.1) is 0 Å². The first-order valence-corrected chi connectivity index (χ1v) is 19.0. The molecule has 0 N–H and O–H groups in total. The van der Waals surface area contributed by atoms with Gasteiger partial charge in [0.05, 0.1) is 0 Å². The summed E-state index contributed by atoms with van der Waals surface area (Å²) in [6.45, 7) is 6.81. The van der Waals surface area contributed by atoms with Crippen molar-refractivity contribution in [1.29, 1.82) is 0 Å². The molecule has 3 aromatic rings. The summed E-state index contributed by atoms with van der Waals surface area (Å²) in [5, 5.41) is 4.20. The zero-order valence-electron chi connectivity index (χ0n) is 24.3. The van der Waals surface area contributed by atoms with Gasteiger partial charge in [-0.25, -0.2) is 0 Å². The standard InChI is InChI=1S/3C11H15.3Al.6H/c3*1-3-7-10(2)11-8-5-4-6-9-11;;;;;;;;;/h3*4-6,8-10H,2-3,7H2,1H3;;;;;;;;;. The van der Waals surface area contributed by atoms with Crippen LogP contribution >= 0.6 is 0 Å². The Morgan fingerprint density at radius 3 is 0.806 bits per heavy atom. The predicted molar refractivity (Wildman–Crippen MR) is 172 cm³/mol. The van der Waals surface area contributed by atoms with Gasteiger partial charge in [0.15, 0.2) is 0 Å². The molecule has 3 atom stereocenters. The average molecular weight is 529 g/mol. The Bertz CT molecular complexity index is 734. The topological polar surface area (TPSA) is 0 Å². The van der Waals surface area contributed by atoms with Gasteiger partial charge in [-0.2, -0.15) is 0 Å². The van der Waals surface area contributed by atoms with E-state index in [1.54, 1.807) is 0 Å². The molecule has 0 aromatic heterocycles. The van der Waals surface area contributed by atoms with E-state index in [1.807, 2.05) is 0 Å². The Labute approximate surface area is 248 Å². The van der Waals surface area contributed by atoms with E-state index in [9.17, 15) is 0 Å². The molecule has 0 heterocycles. The van der Waals surface area contributed by atoms with Crippen molar-refractivity contribution in [3.05, 3.63) is 108 Å². The first kappa shape index (κ1) is 33.3. The molecule has 0 saturated carbocycles. The van der Waals surface area contributed by atoms with Gasteiger partial charge in [0.2, 0.25) is 48.9 Å². The van der Waals surface area contributed by atoms with Gasteiger partial charge in [-0.3, -0.25) is 0 Å². The summed E-state index contributed by atoms with van der Waals surface area (Å²) in [6.07, 6.45) is 7.99. The normalized spacial score (nSPS) is 12.8. The lowest BCUT2D eigenvalue weighted by Gasteiger charge is -2.13. The van der Waals surface area contributed by atoms with Gasteiger partial charge in [-0.05, 0) is 53.7 Å². The van der Waals surface area contributed by atoms with Gasteiger partial charge in [-0.15, -0.1) is 0 Å². The highest BCUT2D eigenvalue weighted by molar-refractivity contribution is 6.09. The van der Waals surface area contributed by atoms with Gasteiger partial charge in [0.1, 0.15) is 0 Å². The Balaban J connectivity index is 0.000000270. The van der Waals surface area contributed by atoms with Gasteiger partial charge >= 0.3 is 0 Å². The monoisotopic (exact) mass is 528 g/mol. The fourth-order valence-electron chi connectivity index (χ4n) is 5.04. The van der Waals surface area contributed by atoms with Crippen LogP contribution in [-0.4, -0.2) is 48.9 Å². The third kappa shape index (κ3) is 13.7. The highest BCUT2D eigenvalue weighted by Gasteiger charge is 2.07. The predicted octanol–water partition coefficient (Wildman–Crippen LogP) is 7.87. The summed E-state index contributed by atoms with van der Waals surface area (Å²) in [5.74, 6) is 2.51. The quantitative estimate of drug-likeness (QED) is 0.210. The maximum Gasteiger partial charge on any atom is 0.212 e. The van der Waals surface area contributed by atoms with E-state index in [0.717, 1.165) is 17.8 Å². The Morgan fingerprint density at radius 1 is 0.417 bits per heavy atom. The summed E-state index contributed by atoms with van der Waals surface area (Å²) < 4.78 is 0. The third-order valence-electron chi connectivity index (χ3n) is 7.20. The molecule has 3 rings (SSSR count). The van der Waals surface area contributed by atoms with Crippen LogP contribution in [0.5, 0.6) is 0 Å². The van der Waals surface area contributed by atoms with Crippen LogP contribution in [0.2, 0.25) is 15.8 Å². The SMILES string of the molecule is CCCC([CH2][AlH2])c1ccccc1.CCCC([CH2][AlH2])c1ccccc1.CCCC([CH2][AlH2])c1ccccc1. The zero-order valence-corrected chi connectivity index (χ0v) is 30.3. The molecule has 0 aliphatic carbocycles. The van der Waals surface area contributed by atoms with Gasteiger partial charge < -0.3 is 0 Å². The maximum atomic E-state index is 2.27. The minimum absolute atomic E-state index is 0.836. The molecule has 0 nitrogen and oxygen atoms in total. The second-order valence-electron chi connectivity index (χ2n) is 9.91. The highest BCUT2D eigenvalue weighted by Crippen LogP contribution is 2.25. The molecule has 0 fully saturated rings. The molecule has 192 valence electrons. The van der Waals surface area contributed by atoms with Crippen LogP contribution in [0.3, 0.4) is 0 Å². The first-order chi connectivity index (χ1) is 17.6. The molecule has 3 aromatic carbocycles. The maximum absolute atomic E-state index is 2.27. The summed E-state index contributed by atoms with van der Waals surface area (Å²) >= 11 is 3.96.